The maximum atomic E-state index is 11.6. The summed E-state index contributed by atoms with van der Waals surface area (Å²) in [7, 11) is 0. The van der Waals surface area contributed by atoms with Gasteiger partial charge in [-0.05, 0) is 64.0 Å². The van der Waals surface area contributed by atoms with Gasteiger partial charge in [0, 0.05) is 49.9 Å². The summed E-state index contributed by atoms with van der Waals surface area (Å²) in [5, 5.41) is 76.8. The first kappa shape index (κ1) is 92.5. The smallest absolute Gasteiger partial charge is 0.331 e. The summed E-state index contributed by atoms with van der Waals surface area (Å²) in [6.07, 6.45) is 7.31. The Morgan fingerprint density at radius 3 is 1.44 bits per heavy atom. The normalized spacial score (nSPS) is 15.5. The number of carboxylic acid groups (broad SMARTS) is 8. The molecule has 1 fully saturated rings. The van der Waals surface area contributed by atoms with Crippen LogP contribution in [-0.4, -0.2) is 226 Å². The summed E-state index contributed by atoms with van der Waals surface area (Å²) in [6.45, 7) is 4.97. The van der Waals surface area contributed by atoms with Crippen LogP contribution in [0.4, 0.5) is 0 Å². The summed E-state index contributed by atoms with van der Waals surface area (Å²) in [4.78, 5) is 142. The Kier molecular flexibility index (Phi) is 59.1. The molecule has 11 atom stereocenters. The predicted octanol–water partition coefficient (Wildman–Crippen LogP) is -7.37. The van der Waals surface area contributed by atoms with Crippen LogP contribution in [0.5, 0.6) is 0 Å². The van der Waals surface area contributed by atoms with Gasteiger partial charge in [0.15, 0.2) is 0 Å². The molecule has 2 heterocycles. The summed E-state index contributed by atoms with van der Waals surface area (Å²) < 4.78 is 9.62. The molecule has 1 saturated heterocycles. The highest BCUT2D eigenvalue weighted by molar-refractivity contribution is 7.80. The molecule has 2 rings (SSSR count). The highest BCUT2D eigenvalue weighted by Gasteiger charge is 2.32. The zero-order valence-electron chi connectivity index (χ0n) is 49.4. The van der Waals surface area contributed by atoms with Crippen LogP contribution in [0.3, 0.4) is 0 Å². The first-order valence-electron chi connectivity index (χ1n) is 26.7. The average molecular weight is 1310 g/mol. The fourth-order valence-corrected chi connectivity index (χ4v) is 5.42. The van der Waals surface area contributed by atoms with Crippen molar-refractivity contribution in [2.24, 2.45) is 74.7 Å². The molecule has 1 aromatic heterocycles. The number of aromatic nitrogens is 2. The van der Waals surface area contributed by atoms with E-state index in [0.29, 0.717) is 44.6 Å². The lowest BCUT2D eigenvalue weighted by Gasteiger charge is -2.15. The van der Waals surface area contributed by atoms with Crippen molar-refractivity contribution in [3.05, 3.63) is 18.2 Å². The maximum Gasteiger partial charge on any atom is 0.331 e. The molecule has 1 unspecified atom stereocenters. The van der Waals surface area contributed by atoms with Crippen LogP contribution in [-0.2, 0) is 78.2 Å². The number of carbonyl (C=O) groups is 13. The Labute approximate surface area is 516 Å². The summed E-state index contributed by atoms with van der Waals surface area (Å²) in [5.74, 6) is -11.6. The summed E-state index contributed by atoms with van der Waals surface area (Å²) in [6, 6.07) is -8.02. The maximum absolute atomic E-state index is 11.6. The fraction of sp³-hybridized carbons (Fsp3) is 0.667. The number of hydroxylamine groups is 1. The Morgan fingerprint density at radius 2 is 1.11 bits per heavy atom. The third kappa shape index (κ3) is 57.8. The molecule has 0 bridgehead atoms. The van der Waals surface area contributed by atoms with Crippen molar-refractivity contribution in [3.63, 3.8) is 0 Å². The van der Waals surface area contributed by atoms with Gasteiger partial charge in [0.2, 0.25) is 11.8 Å². The lowest BCUT2D eigenvalue weighted by atomic mass is 10.0. The number of hydrogen-bond donors (Lipinski definition) is 25. The van der Waals surface area contributed by atoms with Gasteiger partial charge >= 0.3 is 65.7 Å². The minimum atomic E-state index is -1.28. The van der Waals surface area contributed by atoms with Crippen molar-refractivity contribution in [2.75, 3.05) is 31.9 Å². The molecule has 0 aliphatic carbocycles. The number of ether oxygens (including phenoxy) is 2. The van der Waals surface area contributed by atoms with Crippen molar-refractivity contribution in [3.8, 4) is 0 Å². The number of carbonyl (C=O) groups excluding carboxylic acids is 5. The van der Waals surface area contributed by atoms with Gasteiger partial charge in [0.1, 0.15) is 60.5 Å². The summed E-state index contributed by atoms with van der Waals surface area (Å²) in [5.41, 5.74) is 63.9. The van der Waals surface area contributed by atoms with Crippen LogP contribution in [0.2, 0.25) is 0 Å². The van der Waals surface area contributed by atoms with Crippen molar-refractivity contribution >= 4 is 90.1 Å². The van der Waals surface area contributed by atoms with E-state index in [9.17, 15) is 62.3 Å². The van der Waals surface area contributed by atoms with E-state index in [1.54, 1.807) is 5.48 Å². The first-order valence-corrected chi connectivity index (χ1v) is 27.3. The van der Waals surface area contributed by atoms with Crippen molar-refractivity contribution in [1.29, 1.82) is 0 Å². The molecule has 0 radical (unpaired) electrons. The number of H-pyrrole nitrogens is 1. The minimum Gasteiger partial charge on any atom is -0.481 e. The number of aromatic amines is 1. The van der Waals surface area contributed by atoms with Crippen LogP contribution in [0.15, 0.2) is 12.5 Å². The second-order valence-electron chi connectivity index (χ2n) is 18.5. The van der Waals surface area contributed by atoms with Gasteiger partial charge < -0.3 is 135 Å². The number of rotatable bonds is 33. The molecule has 1 aromatic rings. The van der Waals surface area contributed by atoms with Crippen molar-refractivity contribution < 1.29 is 118 Å². The van der Waals surface area contributed by atoms with E-state index in [1.807, 2.05) is 13.8 Å². The highest BCUT2D eigenvalue weighted by atomic mass is 32.1. The molecule has 0 saturated carbocycles. The largest absolute Gasteiger partial charge is 0.481 e. The number of aliphatic carboxylic acids is 8. The third-order valence-electron chi connectivity index (χ3n) is 10.8. The zero-order valence-corrected chi connectivity index (χ0v) is 50.3. The standard InChI is InChI=1S/C11H21N3O4.C10H15N5O4.C6H14N2O3.C6H13NO2.C5H10N2O3.C5H9NO4.C3H7NO2S.C2H5NO2/c12-4-2-1-3-8(13)11(17)18-7-5-9(10(15)16)14-6-7;11-6(1-5-3-14-4-15-5)9(17)19-10(18)7(12)2-8(13)16;7-4-2-1-3-5(8-11)6(9)10;1-3-4(2)5(7)6(8)9;2*6-3(5(9)10)1-2-4(7)8;4-2(1-7)3(5)6;3-1-2(4)5/h7-9,14H,1-6,12-13H2,(H,15,16);3-4,6-7H,1-2,11-12H2,(H2,13,16)(H,14,15);5,8,11H,1-4,7H2,(H,9,10);4-5H,3,7H2,1-2H3,(H,8,9);3H,1-2,6H2,(H2,7,8)(H,9,10);3H,1-2,6H2,(H,7,8)(H,9,10);2,7H,1,4H2,(H,5,6);1,3H2,(H,4,5)/t7?,8-,9-;6-,7-;5-;4-,5-;2*3-;2-;/m0000000./s1. The number of nitrogens with zero attached hydrogens (tertiary/aromatic N) is 1. The number of thiol groups is 1. The van der Waals surface area contributed by atoms with E-state index in [1.165, 1.54) is 12.5 Å². The number of carboxylic acids is 8. The quantitative estimate of drug-likeness (QED) is 0.0102. The SMILES string of the molecule is CC[C@H](C)[C@H](N)C(=O)O.NC(=O)CC[C@H](N)C(=O)O.NC(=O)C[C@H](N)C(=O)OC(=O)[C@@H](N)Cc1cnc[nH]1.NCC(=O)O.NCCCC[C@H](N)C(=O)OC1CN[C@H](C(=O)O)C1.NCCCC[C@H](NO)C(=O)O.N[C@@H](CCC(=O)O)C(=O)O.N[C@@H](CS)C(=O)O. The monoisotopic (exact) mass is 1310 g/mol. The van der Waals surface area contributed by atoms with E-state index in [2.05, 4.69) is 38.4 Å². The molecule has 2 amide bonds. The molecule has 0 aromatic carbocycles. The second kappa shape index (κ2) is 56.8. The van der Waals surface area contributed by atoms with Gasteiger partial charge in [-0.15, -0.1) is 0 Å². The number of unbranched alkanes of at least 4 members (excludes halogenated alkanes) is 2. The van der Waals surface area contributed by atoms with Crippen LogP contribution < -0.4 is 79.6 Å². The van der Waals surface area contributed by atoms with E-state index in [4.69, 9.17) is 114 Å². The Hall–Kier alpha value is -7.65. The molecule has 1 aliphatic heterocycles. The second-order valence-corrected chi connectivity index (χ2v) is 18.9. The number of amides is 2. The van der Waals surface area contributed by atoms with Crippen LogP contribution in [0, 0.1) is 5.92 Å². The molecule has 40 nitrogen and oxygen atoms in total. The Balaban J connectivity index is -0.000000229. The van der Waals surface area contributed by atoms with E-state index in [-0.39, 0.29) is 56.7 Å². The molecular formula is C48H94N16O24S. The van der Waals surface area contributed by atoms with Gasteiger partial charge in [-0.3, -0.25) is 52.7 Å². The van der Waals surface area contributed by atoms with Gasteiger partial charge in [-0.1, -0.05) is 26.7 Å². The van der Waals surface area contributed by atoms with Crippen molar-refractivity contribution in [1.82, 2.24) is 20.8 Å². The van der Waals surface area contributed by atoms with Gasteiger partial charge in [-0.2, -0.15) is 18.1 Å². The number of imidazole rings is 1. The highest BCUT2D eigenvalue weighted by Crippen LogP contribution is 2.13. The lowest BCUT2D eigenvalue weighted by Crippen LogP contribution is -2.42. The van der Waals surface area contributed by atoms with Gasteiger partial charge in [-0.25, -0.2) is 14.6 Å². The Bertz CT molecular complexity index is 2190. The molecule has 1 aliphatic rings. The molecule has 516 valence electrons. The number of primary amides is 2. The molecule has 41 heteroatoms. The molecule has 89 heavy (non-hydrogen) atoms. The van der Waals surface area contributed by atoms with E-state index < -0.39 is 144 Å². The number of esters is 3. The van der Waals surface area contributed by atoms with Gasteiger partial charge in [0.25, 0.3) is 0 Å². The zero-order chi connectivity index (χ0) is 70.5. The van der Waals surface area contributed by atoms with Crippen molar-refractivity contribution in [2.45, 2.75) is 164 Å². The minimum absolute atomic E-state index is 0.0213. The molecule has 36 N–H and O–H groups in total. The fourth-order valence-electron chi connectivity index (χ4n) is 5.26. The van der Waals surface area contributed by atoms with E-state index in [0.717, 1.165) is 25.7 Å². The topological polar surface area (TPSA) is 787 Å². The average Bonchev–Trinajstić information content (AvgIpc) is 3.40. The number of nitrogens with one attached hydrogen (secondary N) is 3. The summed E-state index contributed by atoms with van der Waals surface area (Å²) >= 11 is 3.65. The van der Waals surface area contributed by atoms with E-state index >= 15 is 0 Å². The third-order valence-corrected chi connectivity index (χ3v) is 11.2. The van der Waals surface area contributed by atoms with Crippen LogP contribution >= 0.6 is 12.6 Å². The molecule has 0 spiro atoms. The Morgan fingerprint density at radius 1 is 0.629 bits per heavy atom. The van der Waals surface area contributed by atoms with Gasteiger partial charge in [0.05, 0.1) is 19.3 Å². The first-order chi connectivity index (χ1) is 41.3. The lowest BCUT2D eigenvalue weighted by molar-refractivity contribution is -0.162. The van der Waals surface area contributed by atoms with Crippen LogP contribution in [0.1, 0.15) is 103 Å². The molecular weight excluding hydrogens is 1220 g/mol. The predicted molar refractivity (Wildman–Crippen MR) is 315 cm³/mol. The number of nitrogens with two attached hydrogens (primary N) is 12. The number of hydrogen-bond acceptors (Lipinski definition) is 30. The van der Waals surface area contributed by atoms with Crippen LogP contribution in [0.25, 0.3) is 0 Å².